The number of anilines is 1. The fraction of sp³-hybridized carbons (Fsp3) is 0.103. The Kier molecular flexibility index (Phi) is 5.11. The van der Waals surface area contributed by atoms with E-state index in [-0.39, 0.29) is 5.91 Å². The molecule has 7 nitrogen and oxygen atoms in total. The van der Waals surface area contributed by atoms with Crippen LogP contribution in [0.15, 0.2) is 78.9 Å². The van der Waals surface area contributed by atoms with Crippen LogP contribution in [0.1, 0.15) is 27.3 Å². The Morgan fingerprint density at radius 2 is 1.64 bits per heavy atom. The van der Waals surface area contributed by atoms with Crippen LogP contribution in [0.25, 0.3) is 39.1 Å². The highest BCUT2D eigenvalue weighted by Gasteiger charge is 2.20. The summed E-state index contributed by atoms with van der Waals surface area (Å²) in [5, 5.41) is 8.49. The van der Waals surface area contributed by atoms with Crippen LogP contribution in [-0.2, 0) is 0 Å². The van der Waals surface area contributed by atoms with Gasteiger partial charge < -0.3 is 10.3 Å². The number of amides is 1. The molecule has 0 aliphatic carbocycles. The van der Waals surface area contributed by atoms with Crippen LogP contribution in [-0.4, -0.2) is 30.6 Å². The second kappa shape index (κ2) is 8.46. The molecule has 1 amide bonds. The number of para-hydroxylation sites is 2. The molecule has 0 saturated heterocycles. The summed E-state index contributed by atoms with van der Waals surface area (Å²) in [7, 11) is 0. The third-order valence-electron chi connectivity index (χ3n) is 6.27. The summed E-state index contributed by atoms with van der Waals surface area (Å²) in [6.45, 7) is 5.84. The lowest BCUT2D eigenvalue weighted by Gasteiger charge is -2.09. The standard InChI is InChI=1S/C29H24N6O/c1-17-8-14-22(15-9-17)35-28-26(19(3)34-35)23(16-18(2)30-28)29(36)31-21-12-10-20(11-13-21)27-32-24-6-4-5-7-25(24)33-27/h4-16H,1-3H3,(H,31,36)(H,32,33). The quantitative estimate of drug-likeness (QED) is 0.322. The van der Waals surface area contributed by atoms with E-state index in [4.69, 9.17) is 10.1 Å². The zero-order chi connectivity index (χ0) is 24.8. The Hall–Kier alpha value is -4.78. The van der Waals surface area contributed by atoms with Crippen molar-refractivity contribution < 1.29 is 4.79 Å². The second-order valence-electron chi connectivity index (χ2n) is 8.98. The number of imidazole rings is 1. The van der Waals surface area contributed by atoms with Gasteiger partial charge in [-0.2, -0.15) is 5.10 Å². The predicted octanol–water partition coefficient (Wildman–Crippen LogP) is 6.14. The normalized spacial score (nSPS) is 11.3. The number of benzene rings is 3. The lowest BCUT2D eigenvalue weighted by atomic mass is 10.1. The first-order chi connectivity index (χ1) is 17.5. The summed E-state index contributed by atoms with van der Waals surface area (Å²) in [6.07, 6.45) is 0. The highest BCUT2D eigenvalue weighted by atomic mass is 16.1. The molecule has 3 aromatic carbocycles. The van der Waals surface area contributed by atoms with Crippen LogP contribution in [0.4, 0.5) is 5.69 Å². The third-order valence-corrected chi connectivity index (χ3v) is 6.27. The number of nitrogens with zero attached hydrogens (tertiary/aromatic N) is 4. The smallest absolute Gasteiger partial charge is 0.256 e. The molecular formula is C29H24N6O. The van der Waals surface area contributed by atoms with Crippen molar-refractivity contribution in [3.05, 3.63) is 101 Å². The maximum absolute atomic E-state index is 13.4. The van der Waals surface area contributed by atoms with Crippen molar-refractivity contribution in [2.24, 2.45) is 0 Å². The minimum Gasteiger partial charge on any atom is -0.338 e. The van der Waals surface area contributed by atoms with Gasteiger partial charge in [-0.1, -0.05) is 29.8 Å². The number of aryl methyl sites for hydroxylation is 3. The van der Waals surface area contributed by atoms with Gasteiger partial charge in [0.15, 0.2) is 5.65 Å². The molecule has 176 valence electrons. The molecule has 2 N–H and O–H groups in total. The Labute approximate surface area is 207 Å². The third kappa shape index (κ3) is 3.80. The molecule has 3 heterocycles. The van der Waals surface area contributed by atoms with Gasteiger partial charge in [-0.25, -0.2) is 14.6 Å². The summed E-state index contributed by atoms with van der Waals surface area (Å²) in [4.78, 5) is 26.1. The SMILES string of the molecule is Cc1ccc(-n2nc(C)c3c(C(=O)Nc4ccc(-c5nc6ccccc6[nH]5)cc4)cc(C)nc32)cc1. The maximum atomic E-state index is 13.4. The number of pyridine rings is 1. The van der Waals surface area contributed by atoms with Gasteiger partial charge in [-0.3, -0.25) is 4.79 Å². The van der Waals surface area contributed by atoms with E-state index in [2.05, 4.69) is 15.3 Å². The Morgan fingerprint density at radius 3 is 2.39 bits per heavy atom. The van der Waals surface area contributed by atoms with E-state index in [1.54, 1.807) is 4.68 Å². The maximum Gasteiger partial charge on any atom is 0.256 e. The highest BCUT2D eigenvalue weighted by molar-refractivity contribution is 6.12. The molecule has 0 spiro atoms. The lowest BCUT2D eigenvalue weighted by molar-refractivity contribution is 0.102. The number of aromatic nitrogens is 5. The van der Waals surface area contributed by atoms with Crippen LogP contribution in [0.5, 0.6) is 0 Å². The van der Waals surface area contributed by atoms with Crippen LogP contribution in [0, 0.1) is 20.8 Å². The average Bonchev–Trinajstić information content (AvgIpc) is 3.46. The zero-order valence-corrected chi connectivity index (χ0v) is 20.2. The number of carbonyl (C=O) groups excluding carboxylic acids is 1. The average molecular weight is 473 g/mol. The van der Waals surface area contributed by atoms with E-state index in [1.165, 1.54) is 5.56 Å². The van der Waals surface area contributed by atoms with Gasteiger partial charge in [0, 0.05) is 16.9 Å². The molecule has 0 unspecified atom stereocenters. The number of nitrogens with one attached hydrogen (secondary N) is 2. The van der Waals surface area contributed by atoms with Crippen molar-refractivity contribution >= 4 is 33.7 Å². The van der Waals surface area contributed by atoms with E-state index in [1.807, 2.05) is 99.6 Å². The van der Waals surface area contributed by atoms with Crippen molar-refractivity contribution in [2.45, 2.75) is 20.8 Å². The fourth-order valence-electron chi connectivity index (χ4n) is 4.46. The largest absolute Gasteiger partial charge is 0.338 e. The zero-order valence-electron chi connectivity index (χ0n) is 20.2. The van der Waals surface area contributed by atoms with Gasteiger partial charge in [-0.15, -0.1) is 0 Å². The van der Waals surface area contributed by atoms with E-state index in [0.29, 0.717) is 16.9 Å². The summed E-state index contributed by atoms with van der Waals surface area (Å²) in [6, 6.07) is 25.5. The van der Waals surface area contributed by atoms with Crippen LogP contribution < -0.4 is 5.32 Å². The highest BCUT2D eigenvalue weighted by Crippen LogP contribution is 2.27. The van der Waals surface area contributed by atoms with Crippen LogP contribution >= 0.6 is 0 Å². The molecule has 0 atom stereocenters. The summed E-state index contributed by atoms with van der Waals surface area (Å²) in [5.41, 5.74) is 8.35. The van der Waals surface area contributed by atoms with E-state index >= 15 is 0 Å². The molecule has 36 heavy (non-hydrogen) atoms. The molecule has 0 saturated carbocycles. The van der Waals surface area contributed by atoms with Crippen molar-refractivity contribution in [2.75, 3.05) is 5.32 Å². The van der Waals surface area contributed by atoms with Crippen molar-refractivity contribution in [3.8, 4) is 17.1 Å². The number of hydrogen-bond acceptors (Lipinski definition) is 4. The number of aromatic amines is 1. The van der Waals surface area contributed by atoms with Gasteiger partial charge in [0.2, 0.25) is 0 Å². The molecule has 0 aliphatic rings. The Morgan fingerprint density at radius 1 is 0.889 bits per heavy atom. The lowest BCUT2D eigenvalue weighted by Crippen LogP contribution is -2.13. The molecule has 6 aromatic rings. The number of H-pyrrole nitrogens is 1. The van der Waals surface area contributed by atoms with Gasteiger partial charge in [0.05, 0.1) is 33.4 Å². The first-order valence-electron chi connectivity index (χ1n) is 11.8. The first-order valence-corrected chi connectivity index (χ1v) is 11.8. The van der Waals surface area contributed by atoms with Gasteiger partial charge in [-0.05, 0) is 75.4 Å². The second-order valence-corrected chi connectivity index (χ2v) is 8.98. The monoisotopic (exact) mass is 472 g/mol. The number of fused-ring (bicyclic) bond motifs is 2. The summed E-state index contributed by atoms with van der Waals surface area (Å²) < 4.78 is 1.80. The number of rotatable bonds is 4. The molecular weight excluding hydrogens is 448 g/mol. The molecule has 7 heteroatoms. The topological polar surface area (TPSA) is 88.5 Å². The molecule has 0 radical (unpaired) electrons. The van der Waals surface area contributed by atoms with Gasteiger partial charge >= 0.3 is 0 Å². The predicted molar refractivity (Wildman–Crippen MR) is 143 cm³/mol. The molecule has 0 bridgehead atoms. The van der Waals surface area contributed by atoms with Crippen molar-refractivity contribution in [1.29, 1.82) is 0 Å². The minimum atomic E-state index is -0.200. The van der Waals surface area contributed by atoms with E-state index in [0.717, 1.165) is 44.9 Å². The van der Waals surface area contributed by atoms with E-state index < -0.39 is 0 Å². The summed E-state index contributed by atoms with van der Waals surface area (Å²) >= 11 is 0. The number of carbonyl (C=O) groups is 1. The molecule has 0 aliphatic heterocycles. The van der Waals surface area contributed by atoms with Crippen molar-refractivity contribution in [3.63, 3.8) is 0 Å². The van der Waals surface area contributed by atoms with Crippen LogP contribution in [0.2, 0.25) is 0 Å². The first kappa shape index (κ1) is 21.7. The number of hydrogen-bond donors (Lipinski definition) is 2. The minimum absolute atomic E-state index is 0.200. The van der Waals surface area contributed by atoms with Gasteiger partial charge in [0.25, 0.3) is 5.91 Å². The fourth-order valence-corrected chi connectivity index (χ4v) is 4.46. The molecule has 0 fully saturated rings. The summed E-state index contributed by atoms with van der Waals surface area (Å²) in [5.74, 6) is 0.591. The molecule has 6 rings (SSSR count). The van der Waals surface area contributed by atoms with E-state index in [9.17, 15) is 4.79 Å². The Bertz CT molecular complexity index is 1710. The Balaban J connectivity index is 1.32. The molecule has 3 aromatic heterocycles. The van der Waals surface area contributed by atoms with Crippen molar-refractivity contribution in [1.82, 2.24) is 24.7 Å². The van der Waals surface area contributed by atoms with Gasteiger partial charge in [0.1, 0.15) is 5.82 Å². The van der Waals surface area contributed by atoms with Crippen LogP contribution in [0.3, 0.4) is 0 Å².